The van der Waals surface area contributed by atoms with Gasteiger partial charge in [0.1, 0.15) is 11.5 Å². The summed E-state index contributed by atoms with van der Waals surface area (Å²) < 4.78 is 15.9. The first kappa shape index (κ1) is 30.9. The number of methoxy groups -OCH3 is 3. The molecule has 212 valence electrons. The van der Waals surface area contributed by atoms with Crippen LogP contribution in [0.5, 0.6) is 17.4 Å². The quantitative estimate of drug-likeness (QED) is 0.285. The van der Waals surface area contributed by atoms with Crippen molar-refractivity contribution in [2.24, 2.45) is 5.92 Å². The zero-order valence-corrected chi connectivity index (χ0v) is 25.3. The van der Waals surface area contributed by atoms with Gasteiger partial charge in [-0.25, -0.2) is 4.98 Å². The van der Waals surface area contributed by atoms with E-state index >= 15 is 0 Å². The van der Waals surface area contributed by atoms with Crippen molar-refractivity contribution in [1.29, 1.82) is 0 Å². The van der Waals surface area contributed by atoms with E-state index in [1.165, 1.54) is 61.6 Å². The SMILES string of the molecule is C1CC1.COc1ccc(-c2ccnc(OC)c2)c(C2CCC(C)CC2)c1.COc1cccc(CCP(C)O)c1. The second-order valence-corrected chi connectivity index (χ2v) is 12.3. The lowest BCUT2D eigenvalue weighted by Crippen LogP contribution is -2.12. The van der Waals surface area contributed by atoms with Gasteiger partial charge >= 0.3 is 0 Å². The zero-order valence-electron chi connectivity index (χ0n) is 24.4. The standard InChI is InChI=1S/C20H25NO2.C10H15O2P.C3H6/c1-14-4-6-15(7-5-14)19-13-17(22-2)8-9-18(19)16-10-11-21-20(12-16)23-3;1-12-10-5-3-4-9(8-10)6-7-13(2)11;1-2-3-1/h8-15H,4-7H2,1-3H3;3-5,8,11H,6-7H2,1-2H3;1-3H2. The maximum Gasteiger partial charge on any atom is 0.213 e. The first-order valence-electron chi connectivity index (χ1n) is 14.1. The lowest BCUT2D eigenvalue weighted by molar-refractivity contribution is 0.347. The minimum absolute atomic E-state index is 0.607. The fourth-order valence-corrected chi connectivity index (χ4v) is 5.23. The van der Waals surface area contributed by atoms with Gasteiger partial charge in [-0.1, -0.05) is 57.2 Å². The molecule has 0 amide bonds. The van der Waals surface area contributed by atoms with Crippen molar-refractivity contribution in [3.05, 3.63) is 71.9 Å². The highest BCUT2D eigenvalue weighted by molar-refractivity contribution is 7.50. The van der Waals surface area contributed by atoms with E-state index in [1.807, 2.05) is 43.2 Å². The van der Waals surface area contributed by atoms with Crippen molar-refractivity contribution >= 4 is 8.15 Å². The number of rotatable bonds is 8. The number of ether oxygens (including phenoxy) is 3. The van der Waals surface area contributed by atoms with Gasteiger partial charge in [-0.2, -0.15) is 0 Å². The molecule has 39 heavy (non-hydrogen) atoms. The number of aromatic nitrogens is 1. The van der Waals surface area contributed by atoms with Crippen LogP contribution in [0, 0.1) is 5.92 Å². The van der Waals surface area contributed by atoms with Gasteiger partial charge in [0.2, 0.25) is 5.88 Å². The van der Waals surface area contributed by atoms with Gasteiger partial charge in [0.05, 0.1) is 21.3 Å². The third-order valence-corrected chi connectivity index (χ3v) is 8.05. The average Bonchev–Trinajstić information content (AvgIpc) is 3.87. The second kappa shape index (κ2) is 16.5. The molecule has 5 nitrogen and oxygen atoms in total. The molecule has 1 heterocycles. The minimum atomic E-state index is -0.779. The molecule has 3 aromatic rings. The van der Waals surface area contributed by atoms with Crippen LogP contribution < -0.4 is 14.2 Å². The van der Waals surface area contributed by atoms with E-state index in [9.17, 15) is 4.89 Å². The van der Waals surface area contributed by atoms with Crippen LogP contribution in [0.2, 0.25) is 0 Å². The van der Waals surface area contributed by atoms with E-state index in [2.05, 4.69) is 36.2 Å². The number of hydrogen-bond acceptors (Lipinski definition) is 5. The molecule has 0 radical (unpaired) electrons. The maximum atomic E-state index is 9.17. The molecule has 2 aliphatic rings. The van der Waals surface area contributed by atoms with Crippen LogP contribution in [-0.2, 0) is 6.42 Å². The van der Waals surface area contributed by atoms with E-state index in [0.29, 0.717) is 11.8 Å². The lowest BCUT2D eigenvalue weighted by atomic mass is 9.77. The Morgan fingerprint density at radius 3 is 2.15 bits per heavy atom. The Hall–Kier alpha value is -2.62. The molecule has 0 spiro atoms. The molecule has 2 saturated carbocycles. The molecule has 0 saturated heterocycles. The Kier molecular flexibility index (Phi) is 13.1. The van der Waals surface area contributed by atoms with Crippen molar-refractivity contribution in [1.82, 2.24) is 4.98 Å². The van der Waals surface area contributed by atoms with Gasteiger partial charge in [0, 0.05) is 20.4 Å². The van der Waals surface area contributed by atoms with Crippen molar-refractivity contribution in [2.45, 2.75) is 64.2 Å². The lowest BCUT2D eigenvalue weighted by Gasteiger charge is -2.28. The largest absolute Gasteiger partial charge is 0.497 e. The van der Waals surface area contributed by atoms with Gasteiger partial charge in [0.25, 0.3) is 0 Å². The highest BCUT2D eigenvalue weighted by Gasteiger charge is 2.23. The predicted molar refractivity (Wildman–Crippen MR) is 164 cm³/mol. The molecular formula is C33H46NO4P. The maximum absolute atomic E-state index is 9.17. The summed E-state index contributed by atoms with van der Waals surface area (Å²) >= 11 is 0. The minimum Gasteiger partial charge on any atom is -0.497 e. The molecule has 1 N–H and O–H groups in total. The number of benzene rings is 2. The summed E-state index contributed by atoms with van der Waals surface area (Å²) in [4.78, 5) is 13.4. The summed E-state index contributed by atoms with van der Waals surface area (Å²) in [5.74, 6) is 3.93. The molecule has 6 heteroatoms. The highest BCUT2D eigenvalue weighted by atomic mass is 31.1. The number of aryl methyl sites for hydroxylation is 1. The molecule has 1 aromatic heterocycles. The van der Waals surface area contributed by atoms with Gasteiger partial charge in [0.15, 0.2) is 0 Å². The fourth-order valence-electron chi connectivity index (χ4n) is 4.65. The summed E-state index contributed by atoms with van der Waals surface area (Å²) in [5, 5.41) is 0. The zero-order chi connectivity index (χ0) is 28.0. The van der Waals surface area contributed by atoms with Crippen molar-refractivity contribution in [2.75, 3.05) is 34.2 Å². The van der Waals surface area contributed by atoms with E-state index in [-0.39, 0.29) is 0 Å². The molecule has 5 rings (SSSR count). The van der Waals surface area contributed by atoms with Crippen molar-refractivity contribution in [3.8, 4) is 28.5 Å². The number of pyridine rings is 1. The molecule has 2 aromatic carbocycles. The predicted octanol–water partition coefficient (Wildman–Crippen LogP) is 8.49. The van der Waals surface area contributed by atoms with Crippen LogP contribution in [0.3, 0.4) is 0 Å². The van der Waals surface area contributed by atoms with Crippen LogP contribution in [0.4, 0.5) is 0 Å². The molecule has 1 unspecified atom stereocenters. The van der Waals surface area contributed by atoms with Crippen LogP contribution in [0.1, 0.15) is 68.9 Å². The van der Waals surface area contributed by atoms with E-state index < -0.39 is 8.15 Å². The van der Waals surface area contributed by atoms with Gasteiger partial charge in [-0.15, -0.1) is 0 Å². The molecule has 1 atom stereocenters. The van der Waals surface area contributed by atoms with Crippen LogP contribution >= 0.6 is 8.15 Å². The van der Waals surface area contributed by atoms with Crippen molar-refractivity contribution < 1.29 is 19.1 Å². The third-order valence-electron chi connectivity index (χ3n) is 7.18. The molecule has 0 bridgehead atoms. The van der Waals surface area contributed by atoms with E-state index in [1.54, 1.807) is 21.3 Å². The monoisotopic (exact) mass is 551 g/mol. The molecular weight excluding hydrogens is 505 g/mol. The first-order chi connectivity index (χ1) is 18.9. The number of nitrogens with zero attached hydrogens (tertiary/aromatic N) is 1. The van der Waals surface area contributed by atoms with Crippen LogP contribution in [-0.4, -0.2) is 44.0 Å². The summed E-state index contributed by atoms with van der Waals surface area (Å²) in [6.45, 7) is 4.23. The smallest absolute Gasteiger partial charge is 0.213 e. The Balaban J connectivity index is 0.000000220. The van der Waals surface area contributed by atoms with Crippen LogP contribution in [0.25, 0.3) is 11.1 Å². The Labute approximate surface area is 236 Å². The first-order valence-corrected chi connectivity index (χ1v) is 16.1. The Morgan fingerprint density at radius 2 is 1.54 bits per heavy atom. The topological polar surface area (TPSA) is 60.8 Å². The van der Waals surface area contributed by atoms with Crippen LogP contribution in [0.15, 0.2) is 60.8 Å². The summed E-state index contributed by atoms with van der Waals surface area (Å²) in [7, 11) is 4.28. The van der Waals surface area contributed by atoms with E-state index in [4.69, 9.17) is 14.2 Å². The fraction of sp³-hybridized carbons (Fsp3) is 0.485. The molecule has 0 aliphatic heterocycles. The Morgan fingerprint density at radius 1 is 0.846 bits per heavy atom. The third kappa shape index (κ3) is 10.8. The number of hydrogen-bond donors (Lipinski definition) is 1. The molecule has 2 fully saturated rings. The van der Waals surface area contributed by atoms with E-state index in [0.717, 1.165) is 35.6 Å². The molecule has 2 aliphatic carbocycles. The van der Waals surface area contributed by atoms with Gasteiger partial charge in [-0.3, -0.25) is 0 Å². The Bertz CT molecular complexity index is 1120. The van der Waals surface area contributed by atoms with Gasteiger partial charge in [-0.05, 0) is 96.5 Å². The van der Waals surface area contributed by atoms with Crippen molar-refractivity contribution in [3.63, 3.8) is 0 Å². The normalized spacial score (nSPS) is 18.4. The summed E-state index contributed by atoms with van der Waals surface area (Å²) in [6.07, 6.45) is 13.2. The summed E-state index contributed by atoms with van der Waals surface area (Å²) in [6, 6.07) is 18.5. The average molecular weight is 552 g/mol. The highest BCUT2D eigenvalue weighted by Crippen LogP contribution is 2.41. The second-order valence-electron chi connectivity index (χ2n) is 10.5. The summed E-state index contributed by atoms with van der Waals surface area (Å²) in [5.41, 5.74) is 5.05. The van der Waals surface area contributed by atoms with Gasteiger partial charge < -0.3 is 19.1 Å².